The fraction of sp³-hybridized carbons (Fsp3) is 0.643. The van der Waals surface area contributed by atoms with Crippen molar-refractivity contribution in [3.63, 3.8) is 0 Å². The number of hydrogen-bond acceptors (Lipinski definition) is 3. The average Bonchev–Trinajstić information content (AvgIpc) is 2.83. The topological polar surface area (TPSA) is 55.3 Å². The maximum Gasteiger partial charge on any atom is 0.239 e. The van der Waals surface area contributed by atoms with E-state index in [0.29, 0.717) is 25.7 Å². The molecule has 1 heterocycles. The van der Waals surface area contributed by atoms with Gasteiger partial charge in [-0.1, -0.05) is 6.92 Å². The monoisotopic (exact) mass is 267 g/mol. The first-order chi connectivity index (χ1) is 9.17. The molecular weight excluding hydrogens is 242 g/mol. The van der Waals surface area contributed by atoms with Crippen LogP contribution >= 0.6 is 0 Å². The molecule has 108 valence electrons. The van der Waals surface area contributed by atoms with Crippen molar-refractivity contribution in [3.8, 4) is 0 Å². The second kappa shape index (κ2) is 8.72. The number of nitrogens with zero attached hydrogens (tertiary/aromatic N) is 1. The van der Waals surface area contributed by atoms with Crippen molar-refractivity contribution in [1.29, 1.82) is 0 Å². The number of aromatic nitrogens is 1. The molecule has 19 heavy (non-hydrogen) atoms. The highest BCUT2D eigenvalue weighted by Gasteiger charge is 2.07. The highest BCUT2D eigenvalue weighted by molar-refractivity contribution is 5.75. The number of ether oxygens (including phenoxy) is 1. The van der Waals surface area contributed by atoms with E-state index in [0.717, 1.165) is 13.0 Å². The summed E-state index contributed by atoms with van der Waals surface area (Å²) < 4.78 is 6.84. The maximum absolute atomic E-state index is 11.7. The van der Waals surface area contributed by atoms with Crippen molar-refractivity contribution in [2.45, 2.75) is 32.9 Å². The first kappa shape index (κ1) is 15.7. The first-order valence-corrected chi connectivity index (χ1v) is 6.82. The van der Waals surface area contributed by atoms with E-state index < -0.39 is 0 Å². The lowest BCUT2D eigenvalue weighted by Gasteiger charge is -2.10. The third kappa shape index (κ3) is 5.89. The molecular formula is C14H25N3O2. The van der Waals surface area contributed by atoms with Crippen LogP contribution in [0.5, 0.6) is 0 Å². The van der Waals surface area contributed by atoms with Crippen LogP contribution in [-0.2, 0) is 16.1 Å². The standard InChI is InChI=1S/C14H25N3O2/c1-4-15-12(2)13-6-8-17(10-13)11-14(18)16-7-5-9-19-3/h6,8,10,12,15H,4-5,7,9,11H2,1-3H3,(H,16,18). The third-order valence-corrected chi connectivity index (χ3v) is 2.96. The Labute approximate surface area is 115 Å². The third-order valence-electron chi connectivity index (χ3n) is 2.96. The molecule has 1 amide bonds. The summed E-state index contributed by atoms with van der Waals surface area (Å²) >= 11 is 0. The lowest BCUT2D eigenvalue weighted by atomic mass is 10.2. The number of nitrogens with one attached hydrogen (secondary N) is 2. The van der Waals surface area contributed by atoms with Crippen LogP contribution in [0.25, 0.3) is 0 Å². The smallest absolute Gasteiger partial charge is 0.239 e. The van der Waals surface area contributed by atoms with Crippen LogP contribution < -0.4 is 10.6 Å². The predicted molar refractivity (Wildman–Crippen MR) is 76.0 cm³/mol. The van der Waals surface area contributed by atoms with Crippen molar-refractivity contribution in [2.24, 2.45) is 0 Å². The summed E-state index contributed by atoms with van der Waals surface area (Å²) in [5, 5.41) is 6.22. The van der Waals surface area contributed by atoms with Crippen molar-refractivity contribution >= 4 is 5.91 Å². The van der Waals surface area contributed by atoms with Crippen LogP contribution in [0.1, 0.15) is 31.9 Å². The average molecular weight is 267 g/mol. The van der Waals surface area contributed by atoms with Gasteiger partial charge >= 0.3 is 0 Å². The van der Waals surface area contributed by atoms with Crippen molar-refractivity contribution < 1.29 is 9.53 Å². The normalized spacial score (nSPS) is 12.4. The minimum Gasteiger partial charge on any atom is -0.385 e. The first-order valence-electron chi connectivity index (χ1n) is 6.82. The van der Waals surface area contributed by atoms with Gasteiger partial charge in [-0.05, 0) is 31.5 Å². The lowest BCUT2D eigenvalue weighted by Crippen LogP contribution is -2.28. The van der Waals surface area contributed by atoms with Gasteiger partial charge in [0.2, 0.25) is 5.91 Å². The number of carbonyl (C=O) groups excluding carboxylic acids is 1. The van der Waals surface area contributed by atoms with Crippen molar-refractivity contribution in [1.82, 2.24) is 15.2 Å². The molecule has 0 aliphatic rings. The summed E-state index contributed by atoms with van der Waals surface area (Å²) in [6, 6.07) is 2.36. The van der Waals surface area contributed by atoms with E-state index in [1.165, 1.54) is 5.56 Å². The van der Waals surface area contributed by atoms with E-state index in [4.69, 9.17) is 4.74 Å². The summed E-state index contributed by atoms with van der Waals surface area (Å²) in [6.07, 6.45) is 4.80. The van der Waals surface area contributed by atoms with Crippen LogP contribution in [0.4, 0.5) is 0 Å². The van der Waals surface area contributed by atoms with Gasteiger partial charge < -0.3 is 19.9 Å². The fourth-order valence-corrected chi connectivity index (χ4v) is 1.90. The molecule has 1 aromatic heterocycles. The van der Waals surface area contributed by atoms with Crippen LogP contribution in [0, 0.1) is 0 Å². The molecule has 5 nitrogen and oxygen atoms in total. The second-order valence-electron chi connectivity index (χ2n) is 4.59. The SMILES string of the molecule is CCNC(C)c1ccn(CC(=O)NCCCOC)c1. The van der Waals surface area contributed by atoms with Crippen LogP contribution in [0.2, 0.25) is 0 Å². The van der Waals surface area contributed by atoms with Gasteiger partial charge in [-0.25, -0.2) is 0 Å². The molecule has 1 unspecified atom stereocenters. The molecule has 1 rings (SSSR count). The Morgan fingerprint density at radius 1 is 1.53 bits per heavy atom. The van der Waals surface area contributed by atoms with Crippen LogP contribution in [0.3, 0.4) is 0 Å². The minimum atomic E-state index is 0.0364. The Kier molecular flexibility index (Phi) is 7.22. The van der Waals surface area contributed by atoms with Gasteiger partial charge in [0.15, 0.2) is 0 Å². The lowest BCUT2D eigenvalue weighted by molar-refractivity contribution is -0.121. The zero-order chi connectivity index (χ0) is 14.1. The Balaban J connectivity index is 2.34. The van der Waals surface area contributed by atoms with Gasteiger partial charge in [0.05, 0.1) is 0 Å². The molecule has 0 aliphatic carbocycles. The number of hydrogen-bond donors (Lipinski definition) is 2. The Morgan fingerprint density at radius 3 is 3.00 bits per heavy atom. The molecule has 0 saturated heterocycles. The van der Waals surface area contributed by atoms with Crippen LogP contribution in [-0.4, -0.2) is 37.3 Å². The van der Waals surface area contributed by atoms with Crippen molar-refractivity contribution in [3.05, 3.63) is 24.0 Å². The molecule has 0 aliphatic heterocycles. The highest BCUT2D eigenvalue weighted by Crippen LogP contribution is 2.12. The fourth-order valence-electron chi connectivity index (χ4n) is 1.90. The molecule has 0 bridgehead atoms. The van der Waals surface area contributed by atoms with Gasteiger partial charge in [-0.15, -0.1) is 0 Å². The van der Waals surface area contributed by atoms with Gasteiger partial charge in [0.1, 0.15) is 6.54 Å². The number of methoxy groups -OCH3 is 1. The van der Waals surface area contributed by atoms with Gasteiger partial charge in [0, 0.05) is 38.7 Å². The molecule has 1 aromatic rings. The van der Waals surface area contributed by atoms with Crippen molar-refractivity contribution in [2.75, 3.05) is 26.8 Å². The zero-order valence-electron chi connectivity index (χ0n) is 12.1. The minimum absolute atomic E-state index is 0.0364. The number of carbonyl (C=O) groups is 1. The molecule has 0 fully saturated rings. The predicted octanol–water partition coefficient (Wildman–Crippen LogP) is 1.31. The molecule has 0 aromatic carbocycles. The van der Waals surface area contributed by atoms with E-state index in [9.17, 15) is 4.79 Å². The summed E-state index contributed by atoms with van der Waals surface area (Å²) in [6.45, 7) is 6.84. The second-order valence-corrected chi connectivity index (χ2v) is 4.59. The summed E-state index contributed by atoms with van der Waals surface area (Å²) in [5.74, 6) is 0.0364. The molecule has 5 heteroatoms. The molecule has 0 radical (unpaired) electrons. The highest BCUT2D eigenvalue weighted by atomic mass is 16.5. The van der Waals surface area contributed by atoms with Crippen LogP contribution in [0.15, 0.2) is 18.5 Å². The van der Waals surface area contributed by atoms with Gasteiger partial charge in [0.25, 0.3) is 0 Å². The Morgan fingerprint density at radius 2 is 2.32 bits per heavy atom. The van der Waals surface area contributed by atoms with E-state index in [1.807, 2.05) is 23.0 Å². The number of rotatable bonds is 9. The quantitative estimate of drug-likeness (QED) is 0.663. The molecule has 0 spiro atoms. The Bertz CT molecular complexity index is 377. The zero-order valence-corrected chi connectivity index (χ0v) is 12.1. The summed E-state index contributed by atoms with van der Waals surface area (Å²) in [7, 11) is 1.66. The number of amides is 1. The molecule has 0 saturated carbocycles. The van der Waals surface area contributed by atoms with E-state index in [1.54, 1.807) is 7.11 Å². The largest absolute Gasteiger partial charge is 0.385 e. The van der Waals surface area contributed by atoms with E-state index in [-0.39, 0.29) is 5.91 Å². The van der Waals surface area contributed by atoms with E-state index in [2.05, 4.69) is 24.5 Å². The summed E-state index contributed by atoms with van der Waals surface area (Å²) in [4.78, 5) is 11.7. The van der Waals surface area contributed by atoms with Gasteiger partial charge in [-0.3, -0.25) is 4.79 Å². The summed E-state index contributed by atoms with van der Waals surface area (Å²) in [5.41, 5.74) is 1.20. The molecule has 2 N–H and O–H groups in total. The van der Waals surface area contributed by atoms with E-state index >= 15 is 0 Å². The maximum atomic E-state index is 11.7. The Hall–Kier alpha value is -1.33. The molecule has 1 atom stereocenters. The van der Waals surface area contributed by atoms with Gasteiger partial charge in [-0.2, -0.15) is 0 Å².